The monoisotopic (exact) mass is 349 g/mol. The van der Waals surface area contributed by atoms with Crippen LogP contribution in [0, 0.1) is 26.7 Å². The van der Waals surface area contributed by atoms with Gasteiger partial charge in [-0.2, -0.15) is 0 Å². The van der Waals surface area contributed by atoms with Gasteiger partial charge in [-0.1, -0.05) is 49.2 Å². The summed E-state index contributed by atoms with van der Waals surface area (Å²) in [5.41, 5.74) is 6.64. The zero-order valence-electron chi connectivity index (χ0n) is 16.5. The third-order valence-corrected chi connectivity index (χ3v) is 6.50. The fourth-order valence-electron chi connectivity index (χ4n) is 5.11. The molecule has 0 N–H and O–H groups in total. The largest absolute Gasteiger partial charge is 0.348 e. The number of anilines is 1. The highest BCUT2D eigenvalue weighted by atomic mass is 16.5. The van der Waals surface area contributed by atoms with Gasteiger partial charge in [-0.05, 0) is 69.2 Å². The van der Waals surface area contributed by atoms with Gasteiger partial charge in [0, 0.05) is 11.3 Å². The normalized spacial score (nSPS) is 26.6. The molecule has 1 aliphatic heterocycles. The number of hydrogen-bond acceptors (Lipinski definition) is 2. The lowest BCUT2D eigenvalue weighted by molar-refractivity contribution is 0.00793. The van der Waals surface area contributed by atoms with Crippen molar-refractivity contribution in [1.29, 1.82) is 0 Å². The number of benzene rings is 2. The number of aryl methyl sites for hydroxylation is 3. The van der Waals surface area contributed by atoms with Crippen molar-refractivity contribution >= 4 is 5.69 Å². The highest BCUT2D eigenvalue weighted by molar-refractivity contribution is 5.57. The highest BCUT2D eigenvalue weighted by Gasteiger charge is 2.45. The molecule has 2 nitrogen and oxygen atoms in total. The Labute approximate surface area is 158 Å². The Hall–Kier alpha value is -1.80. The van der Waals surface area contributed by atoms with Gasteiger partial charge >= 0.3 is 0 Å². The summed E-state index contributed by atoms with van der Waals surface area (Å²) in [4.78, 5) is 2.55. The Balaban J connectivity index is 1.80. The number of nitrogens with zero attached hydrogens (tertiary/aromatic N) is 1. The van der Waals surface area contributed by atoms with Crippen molar-refractivity contribution in [3.63, 3.8) is 0 Å². The first-order chi connectivity index (χ1) is 12.6. The maximum absolute atomic E-state index is 6.85. The van der Waals surface area contributed by atoms with Crippen molar-refractivity contribution in [2.45, 2.75) is 71.8 Å². The maximum atomic E-state index is 6.85. The number of hydrogen-bond donors (Lipinski definition) is 0. The molecule has 0 amide bonds. The first-order valence-electron chi connectivity index (χ1n) is 10.1. The van der Waals surface area contributed by atoms with Gasteiger partial charge in [0.25, 0.3) is 0 Å². The van der Waals surface area contributed by atoms with Crippen molar-refractivity contribution in [3.05, 3.63) is 64.7 Å². The first-order valence-corrected chi connectivity index (χ1v) is 10.1. The second-order valence-corrected chi connectivity index (χ2v) is 8.24. The fourth-order valence-corrected chi connectivity index (χ4v) is 5.11. The molecule has 1 heterocycles. The van der Waals surface area contributed by atoms with E-state index in [-0.39, 0.29) is 6.23 Å². The van der Waals surface area contributed by atoms with Gasteiger partial charge in [0.05, 0.1) is 12.1 Å². The second-order valence-electron chi connectivity index (χ2n) is 8.24. The summed E-state index contributed by atoms with van der Waals surface area (Å²) < 4.78 is 6.85. The van der Waals surface area contributed by atoms with Crippen LogP contribution in [-0.4, -0.2) is 12.1 Å². The van der Waals surface area contributed by atoms with Crippen molar-refractivity contribution < 1.29 is 4.74 Å². The summed E-state index contributed by atoms with van der Waals surface area (Å²) >= 11 is 0. The average Bonchev–Trinajstić information content (AvgIpc) is 3.24. The van der Waals surface area contributed by atoms with E-state index in [9.17, 15) is 0 Å². The van der Waals surface area contributed by atoms with E-state index in [0.717, 1.165) is 0 Å². The molecule has 2 aliphatic rings. The molecule has 0 aromatic heterocycles. The van der Waals surface area contributed by atoms with Crippen molar-refractivity contribution in [1.82, 2.24) is 0 Å². The summed E-state index contributed by atoms with van der Waals surface area (Å²) in [7, 11) is 0. The van der Waals surface area contributed by atoms with Gasteiger partial charge in [0.1, 0.15) is 0 Å². The van der Waals surface area contributed by atoms with Gasteiger partial charge in [-0.15, -0.1) is 0 Å². The molecule has 1 saturated carbocycles. The Bertz CT molecular complexity index is 757. The highest BCUT2D eigenvalue weighted by Crippen LogP contribution is 2.46. The van der Waals surface area contributed by atoms with Gasteiger partial charge < -0.3 is 9.64 Å². The van der Waals surface area contributed by atoms with E-state index in [1.54, 1.807) is 0 Å². The summed E-state index contributed by atoms with van der Waals surface area (Å²) in [5.74, 6) is 0.700. The van der Waals surface area contributed by atoms with Crippen LogP contribution in [0.4, 0.5) is 5.69 Å². The number of ether oxygens (including phenoxy) is 1. The Morgan fingerprint density at radius 2 is 1.46 bits per heavy atom. The quantitative estimate of drug-likeness (QED) is 0.664. The van der Waals surface area contributed by atoms with Crippen molar-refractivity contribution in [2.75, 3.05) is 4.90 Å². The molecule has 2 heteroatoms. The third-order valence-electron chi connectivity index (χ3n) is 6.50. The van der Waals surface area contributed by atoms with E-state index in [1.165, 1.54) is 53.6 Å². The Morgan fingerprint density at radius 3 is 2.12 bits per heavy atom. The summed E-state index contributed by atoms with van der Waals surface area (Å²) in [6.07, 6.45) is 5.68. The van der Waals surface area contributed by atoms with Crippen LogP contribution >= 0.6 is 0 Å². The smallest absolute Gasteiger partial charge is 0.157 e. The third kappa shape index (κ3) is 2.95. The van der Waals surface area contributed by atoms with Crippen LogP contribution in [-0.2, 0) is 4.74 Å². The van der Waals surface area contributed by atoms with Gasteiger partial charge in [0.2, 0.25) is 0 Å². The molecule has 1 aliphatic carbocycles. The van der Waals surface area contributed by atoms with Gasteiger partial charge in [-0.25, -0.2) is 0 Å². The molecule has 3 atom stereocenters. The fraction of sp³-hybridized carbons (Fsp3) is 0.500. The Kier molecular flexibility index (Phi) is 4.79. The lowest BCUT2D eigenvalue weighted by Gasteiger charge is -2.32. The molecule has 4 rings (SSSR count). The topological polar surface area (TPSA) is 12.5 Å². The average molecular weight is 350 g/mol. The van der Waals surface area contributed by atoms with Crippen LogP contribution in [0.5, 0.6) is 0 Å². The van der Waals surface area contributed by atoms with Crippen LogP contribution in [0.25, 0.3) is 0 Å². The van der Waals surface area contributed by atoms with Crippen LogP contribution in [0.15, 0.2) is 42.5 Å². The number of para-hydroxylation sites is 1. The lowest BCUT2D eigenvalue weighted by Crippen LogP contribution is -2.37. The minimum Gasteiger partial charge on any atom is -0.348 e. The molecular weight excluding hydrogens is 318 g/mol. The SMILES string of the molecule is Cc1ccccc1N1C(c2c(C)cccc2C)OC(C2CCCC2)[C@@H]1C. The van der Waals surface area contributed by atoms with Gasteiger partial charge in [-0.3, -0.25) is 0 Å². The zero-order chi connectivity index (χ0) is 18.3. The predicted molar refractivity (Wildman–Crippen MR) is 109 cm³/mol. The standard InChI is InChI=1S/C24H31NO/c1-16-10-5-8-15-21(16)25-19(4)23(20-13-6-7-14-20)26-24(25)22-17(2)11-9-12-18(22)3/h5,8-12,15,19-20,23-24H,6-7,13-14H2,1-4H3/t19-,23?,24?/m0/s1. The predicted octanol–water partition coefficient (Wildman–Crippen LogP) is 6.09. The maximum Gasteiger partial charge on any atom is 0.157 e. The zero-order valence-corrected chi connectivity index (χ0v) is 16.5. The van der Waals surface area contributed by atoms with Crippen LogP contribution < -0.4 is 4.90 Å². The van der Waals surface area contributed by atoms with E-state index in [1.807, 2.05) is 0 Å². The lowest BCUT2D eigenvalue weighted by atomic mass is 9.94. The molecule has 2 aromatic carbocycles. The van der Waals surface area contributed by atoms with E-state index in [2.05, 4.69) is 75.1 Å². The van der Waals surface area contributed by atoms with E-state index in [0.29, 0.717) is 18.1 Å². The second kappa shape index (κ2) is 7.08. The molecular formula is C24H31NO. The molecule has 2 aromatic rings. The molecule has 0 radical (unpaired) electrons. The minimum atomic E-state index is 0.0119. The van der Waals surface area contributed by atoms with E-state index in [4.69, 9.17) is 4.74 Å². The molecule has 2 fully saturated rings. The molecule has 0 bridgehead atoms. The first kappa shape index (κ1) is 17.6. The van der Waals surface area contributed by atoms with Crippen LogP contribution in [0.1, 0.15) is 61.1 Å². The summed E-state index contributed by atoms with van der Waals surface area (Å²) in [6, 6.07) is 15.7. The molecule has 138 valence electrons. The van der Waals surface area contributed by atoms with Crippen molar-refractivity contribution in [3.8, 4) is 0 Å². The van der Waals surface area contributed by atoms with E-state index < -0.39 is 0 Å². The summed E-state index contributed by atoms with van der Waals surface area (Å²) in [5, 5.41) is 0. The van der Waals surface area contributed by atoms with Crippen LogP contribution in [0.2, 0.25) is 0 Å². The van der Waals surface area contributed by atoms with Gasteiger partial charge in [0.15, 0.2) is 6.23 Å². The molecule has 26 heavy (non-hydrogen) atoms. The number of rotatable bonds is 3. The van der Waals surface area contributed by atoms with E-state index >= 15 is 0 Å². The molecule has 0 spiro atoms. The Morgan fingerprint density at radius 1 is 0.846 bits per heavy atom. The molecule has 2 unspecified atom stereocenters. The minimum absolute atomic E-state index is 0.0119. The summed E-state index contributed by atoms with van der Waals surface area (Å²) in [6.45, 7) is 9.01. The van der Waals surface area contributed by atoms with Crippen molar-refractivity contribution in [2.24, 2.45) is 5.92 Å². The van der Waals surface area contributed by atoms with Crippen LogP contribution in [0.3, 0.4) is 0 Å². The molecule has 1 saturated heterocycles.